The van der Waals surface area contributed by atoms with Crippen molar-refractivity contribution in [1.82, 2.24) is 0 Å². The standard InChI is InChI=1S/C13H26O4Si/c1-8-18(16-6,17-7)13(11(14)9(2)3)12(15)10(4)5/h9-10,13H,8H2,1-7H3. The minimum atomic E-state index is -2.80. The molecule has 0 atom stereocenters. The highest BCUT2D eigenvalue weighted by molar-refractivity contribution is 6.76. The highest BCUT2D eigenvalue weighted by atomic mass is 28.4. The Morgan fingerprint density at radius 3 is 1.44 bits per heavy atom. The van der Waals surface area contributed by atoms with Gasteiger partial charge in [0.15, 0.2) is 0 Å². The molecule has 0 unspecified atom stereocenters. The summed E-state index contributed by atoms with van der Waals surface area (Å²) >= 11 is 0. The monoisotopic (exact) mass is 274 g/mol. The normalized spacial score (nSPS) is 12.6. The predicted octanol–water partition coefficient (Wildman–Crippen LogP) is 2.56. The number of carbonyl (C=O) groups is 2. The Morgan fingerprint density at radius 1 is 0.944 bits per heavy atom. The molecule has 0 aromatic rings. The quantitative estimate of drug-likeness (QED) is 0.504. The second-order valence-electron chi connectivity index (χ2n) is 5.12. The summed E-state index contributed by atoms with van der Waals surface area (Å²) < 4.78 is 11.0. The van der Waals surface area contributed by atoms with Gasteiger partial charge >= 0.3 is 8.56 Å². The fourth-order valence-corrected chi connectivity index (χ4v) is 5.21. The molecule has 106 valence electrons. The van der Waals surface area contributed by atoms with Gasteiger partial charge in [0.25, 0.3) is 0 Å². The van der Waals surface area contributed by atoms with E-state index in [1.807, 2.05) is 34.6 Å². The van der Waals surface area contributed by atoms with Crippen LogP contribution < -0.4 is 0 Å². The van der Waals surface area contributed by atoms with Gasteiger partial charge in [0.2, 0.25) is 0 Å². The van der Waals surface area contributed by atoms with E-state index in [0.29, 0.717) is 6.04 Å². The van der Waals surface area contributed by atoms with Crippen LogP contribution in [0.25, 0.3) is 0 Å². The van der Waals surface area contributed by atoms with E-state index in [2.05, 4.69) is 0 Å². The summed E-state index contributed by atoms with van der Waals surface area (Å²) in [5.74, 6) is -0.514. The van der Waals surface area contributed by atoms with Crippen LogP contribution in [0.3, 0.4) is 0 Å². The third kappa shape index (κ3) is 3.49. The van der Waals surface area contributed by atoms with Gasteiger partial charge in [-0.15, -0.1) is 0 Å². The second kappa shape index (κ2) is 7.16. The van der Waals surface area contributed by atoms with Crippen LogP contribution in [0.5, 0.6) is 0 Å². The lowest BCUT2D eigenvalue weighted by atomic mass is 9.97. The van der Waals surface area contributed by atoms with Gasteiger partial charge in [0.1, 0.15) is 17.1 Å². The Labute approximate surface area is 111 Å². The largest absolute Gasteiger partial charge is 0.397 e. The van der Waals surface area contributed by atoms with Gasteiger partial charge in [-0.25, -0.2) is 0 Å². The van der Waals surface area contributed by atoms with Crippen molar-refractivity contribution >= 4 is 20.1 Å². The van der Waals surface area contributed by atoms with Crippen molar-refractivity contribution in [3.05, 3.63) is 0 Å². The average molecular weight is 274 g/mol. The molecular weight excluding hydrogens is 248 g/mol. The molecule has 4 nitrogen and oxygen atoms in total. The first kappa shape index (κ1) is 17.5. The summed E-state index contributed by atoms with van der Waals surface area (Å²) in [5.41, 5.74) is -0.725. The summed E-state index contributed by atoms with van der Waals surface area (Å²) in [5, 5.41) is 0. The van der Waals surface area contributed by atoms with E-state index in [0.717, 1.165) is 0 Å². The van der Waals surface area contributed by atoms with Crippen LogP contribution in [-0.2, 0) is 18.4 Å². The third-order valence-electron chi connectivity index (χ3n) is 3.33. The van der Waals surface area contributed by atoms with Crippen LogP contribution >= 0.6 is 0 Å². The molecule has 0 aliphatic carbocycles. The predicted molar refractivity (Wildman–Crippen MR) is 73.7 cm³/mol. The molecule has 0 bridgehead atoms. The molecule has 0 spiro atoms. The summed E-state index contributed by atoms with van der Waals surface area (Å²) in [6.07, 6.45) is 0. The highest BCUT2D eigenvalue weighted by Crippen LogP contribution is 2.33. The van der Waals surface area contributed by atoms with E-state index < -0.39 is 14.1 Å². The van der Waals surface area contributed by atoms with Crippen molar-refractivity contribution in [2.45, 2.75) is 46.2 Å². The van der Waals surface area contributed by atoms with Crippen molar-refractivity contribution in [2.24, 2.45) is 11.8 Å². The zero-order valence-corrected chi connectivity index (χ0v) is 13.6. The van der Waals surface area contributed by atoms with Gasteiger partial charge in [0.05, 0.1) is 0 Å². The fraction of sp³-hybridized carbons (Fsp3) is 0.846. The van der Waals surface area contributed by atoms with E-state index in [1.165, 1.54) is 14.2 Å². The Morgan fingerprint density at radius 2 is 1.28 bits per heavy atom. The first-order chi connectivity index (χ1) is 8.27. The molecule has 18 heavy (non-hydrogen) atoms. The van der Waals surface area contributed by atoms with E-state index in [9.17, 15) is 9.59 Å². The van der Waals surface area contributed by atoms with E-state index in [1.54, 1.807) is 0 Å². The van der Waals surface area contributed by atoms with Gasteiger partial charge in [-0.05, 0) is 6.04 Å². The molecule has 0 saturated heterocycles. The molecule has 0 radical (unpaired) electrons. The zero-order chi connectivity index (χ0) is 14.5. The van der Waals surface area contributed by atoms with Crippen molar-refractivity contribution in [3.63, 3.8) is 0 Å². The average Bonchev–Trinajstić information content (AvgIpc) is 2.34. The Hall–Kier alpha value is -0.523. The number of hydrogen-bond acceptors (Lipinski definition) is 4. The number of Topliss-reactive ketones (excluding diaryl/α,β-unsaturated/α-hetero) is 2. The molecule has 0 aliphatic heterocycles. The van der Waals surface area contributed by atoms with Crippen LogP contribution in [-0.4, -0.2) is 34.3 Å². The summed E-state index contributed by atoms with van der Waals surface area (Å²) in [6, 6.07) is 0.585. The lowest BCUT2D eigenvalue weighted by molar-refractivity contribution is -0.131. The Bertz CT molecular complexity index is 267. The van der Waals surface area contributed by atoms with E-state index in [4.69, 9.17) is 8.85 Å². The smallest absolute Gasteiger partial charge is 0.355 e. The molecule has 0 saturated carbocycles. The van der Waals surface area contributed by atoms with Crippen LogP contribution in [0.2, 0.25) is 11.6 Å². The van der Waals surface area contributed by atoms with E-state index >= 15 is 0 Å². The van der Waals surface area contributed by atoms with Gasteiger partial charge in [0, 0.05) is 26.1 Å². The third-order valence-corrected chi connectivity index (χ3v) is 7.15. The van der Waals surface area contributed by atoms with Crippen molar-refractivity contribution < 1.29 is 18.4 Å². The first-order valence-electron chi connectivity index (χ1n) is 6.45. The van der Waals surface area contributed by atoms with Crippen molar-refractivity contribution in [1.29, 1.82) is 0 Å². The molecular formula is C13H26O4Si. The molecule has 0 fully saturated rings. The molecule has 5 heteroatoms. The van der Waals surface area contributed by atoms with Gasteiger partial charge in [-0.1, -0.05) is 34.6 Å². The van der Waals surface area contributed by atoms with Crippen molar-refractivity contribution in [3.8, 4) is 0 Å². The molecule has 0 N–H and O–H groups in total. The second-order valence-corrected chi connectivity index (χ2v) is 8.85. The molecule has 0 aromatic heterocycles. The summed E-state index contributed by atoms with van der Waals surface area (Å²) in [6.45, 7) is 9.14. The van der Waals surface area contributed by atoms with E-state index in [-0.39, 0.29) is 23.4 Å². The van der Waals surface area contributed by atoms with Crippen molar-refractivity contribution in [2.75, 3.05) is 14.2 Å². The fourth-order valence-electron chi connectivity index (χ4n) is 2.05. The summed E-state index contributed by atoms with van der Waals surface area (Å²) in [7, 11) is 0.273. The highest BCUT2D eigenvalue weighted by Gasteiger charge is 2.51. The maximum Gasteiger partial charge on any atom is 0.355 e. The molecule has 0 amide bonds. The van der Waals surface area contributed by atoms with Crippen LogP contribution in [0.4, 0.5) is 0 Å². The molecule has 0 aromatic carbocycles. The number of ketones is 2. The topological polar surface area (TPSA) is 52.6 Å². The molecule has 0 heterocycles. The Kier molecular flexibility index (Phi) is 6.95. The lowest BCUT2D eigenvalue weighted by Gasteiger charge is -2.34. The number of rotatable bonds is 8. The van der Waals surface area contributed by atoms with Gasteiger partial charge in [-0.3, -0.25) is 9.59 Å². The lowest BCUT2D eigenvalue weighted by Crippen LogP contribution is -2.52. The van der Waals surface area contributed by atoms with Crippen LogP contribution in [0.1, 0.15) is 34.6 Å². The minimum Gasteiger partial charge on any atom is -0.397 e. The van der Waals surface area contributed by atoms with Gasteiger partial charge in [-0.2, -0.15) is 0 Å². The van der Waals surface area contributed by atoms with Gasteiger partial charge < -0.3 is 8.85 Å². The Balaban J connectivity index is 5.58. The minimum absolute atomic E-state index is 0.0640. The first-order valence-corrected chi connectivity index (χ1v) is 8.55. The van der Waals surface area contributed by atoms with Crippen LogP contribution in [0.15, 0.2) is 0 Å². The maximum absolute atomic E-state index is 12.4. The number of carbonyl (C=O) groups excluding carboxylic acids is 2. The van der Waals surface area contributed by atoms with Crippen LogP contribution in [0, 0.1) is 11.8 Å². The SMILES string of the molecule is CC[Si](OC)(OC)C(C(=O)C(C)C)C(=O)C(C)C. The summed E-state index contributed by atoms with van der Waals surface area (Å²) in [4.78, 5) is 24.7. The zero-order valence-electron chi connectivity index (χ0n) is 12.6. The maximum atomic E-state index is 12.4. The molecule has 0 rings (SSSR count). The molecule has 0 aliphatic rings. The number of hydrogen-bond donors (Lipinski definition) is 0.